The van der Waals surface area contributed by atoms with Crippen molar-refractivity contribution in [3.05, 3.63) is 35.9 Å². The van der Waals surface area contributed by atoms with E-state index in [0.717, 1.165) is 24.8 Å². The number of hydrogen-bond donors (Lipinski definition) is 2. The zero-order chi connectivity index (χ0) is 25.5. The largest absolute Gasteiger partial charge is 0.444 e. The van der Waals surface area contributed by atoms with Crippen molar-refractivity contribution in [3.63, 3.8) is 0 Å². The fourth-order valence-electron chi connectivity index (χ4n) is 4.05. The second-order valence-electron chi connectivity index (χ2n) is 10.8. The van der Waals surface area contributed by atoms with E-state index in [0.29, 0.717) is 18.9 Å². The zero-order valence-corrected chi connectivity index (χ0v) is 21.9. The Hall–Kier alpha value is -2.57. The van der Waals surface area contributed by atoms with Gasteiger partial charge in [0.05, 0.1) is 0 Å². The molecular weight excluding hydrogens is 430 g/mol. The quantitative estimate of drug-likeness (QED) is 0.451. The number of carbonyl (C=O) groups excluding carboxylic acids is 3. The van der Waals surface area contributed by atoms with E-state index in [-0.39, 0.29) is 23.8 Å². The van der Waals surface area contributed by atoms with Crippen LogP contribution in [-0.2, 0) is 14.3 Å². The summed E-state index contributed by atoms with van der Waals surface area (Å²) in [7, 11) is 0. The first-order chi connectivity index (χ1) is 15.9. The standard InChI is InChI=1S/C27H43N3O4/c1-8-9-15-28-24(31)23(20-13-11-10-12-14-20)30(22-17-19(22)4)25(32)21(16-18(2)3)29-26(33)34-27(5,6)7/h10-14,18-19,21-23H,8-9,15-17H2,1-7H3,(H,28,31)(H,29,33). The summed E-state index contributed by atoms with van der Waals surface area (Å²) < 4.78 is 5.43. The van der Waals surface area contributed by atoms with Crippen LogP contribution in [0.25, 0.3) is 0 Å². The Kier molecular flexibility index (Phi) is 9.95. The molecule has 0 spiro atoms. The van der Waals surface area contributed by atoms with Crippen molar-refractivity contribution in [2.45, 2.75) is 97.9 Å². The number of unbranched alkanes of at least 4 members (excludes halogenated alkanes) is 1. The molecule has 0 aromatic heterocycles. The molecule has 7 nitrogen and oxygen atoms in total. The summed E-state index contributed by atoms with van der Waals surface area (Å²) >= 11 is 0. The number of amides is 3. The highest BCUT2D eigenvalue weighted by Crippen LogP contribution is 2.41. The maximum Gasteiger partial charge on any atom is 0.408 e. The number of nitrogens with one attached hydrogen (secondary N) is 2. The lowest BCUT2D eigenvalue weighted by Gasteiger charge is -2.35. The van der Waals surface area contributed by atoms with Crippen LogP contribution in [0.15, 0.2) is 30.3 Å². The van der Waals surface area contributed by atoms with Crippen LogP contribution in [0.4, 0.5) is 4.79 Å². The minimum absolute atomic E-state index is 0.0512. The smallest absolute Gasteiger partial charge is 0.408 e. The van der Waals surface area contributed by atoms with E-state index in [4.69, 9.17) is 4.74 Å². The molecule has 0 heterocycles. The predicted octanol–water partition coefficient (Wildman–Crippen LogP) is 4.82. The Labute approximate surface area is 205 Å². The Bertz CT molecular complexity index is 819. The Morgan fingerprint density at radius 3 is 2.26 bits per heavy atom. The minimum Gasteiger partial charge on any atom is -0.444 e. The fraction of sp³-hybridized carbons (Fsp3) is 0.667. The van der Waals surface area contributed by atoms with Crippen LogP contribution in [0.1, 0.15) is 85.8 Å². The third kappa shape index (κ3) is 8.33. The number of nitrogens with zero attached hydrogens (tertiary/aromatic N) is 1. The van der Waals surface area contributed by atoms with Gasteiger partial charge in [-0.3, -0.25) is 9.59 Å². The molecule has 34 heavy (non-hydrogen) atoms. The average Bonchev–Trinajstić information content (AvgIpc) is 3.45. The molecule has 0 radical (unpaired) electrons. The summed E-state index contributed by atoms with van der Waals surface area (Å²) in [4.78, 5) is 41.8. The molecule has 7 heteroatoms. The summed E-state index contributed by atoms with van der Waals surface area (Å²) in [5, 5.41) is 5.82. The first-order valence-corrected chi connectivity index (χ1v) is 12.6. The molecule has 1 saturated carbocycles. The Morgan fingerprint density at radius 1 is 1.15 bits per heavy atom. The molecule has 0 aliphatic heterocycles. The van der Waals surface area contributed by atoms with Crippen LogP contribution in [0.2, 0.25) is 0 Å². The summed E-state index contributed by atoms with van der Waals surface area (Å²) in [5.74, 6) is 0.0248. The lowest BCUT2D eigenvalue weighted by Crippen LogP contribution is -2.54. The van der Waals surface area contributed by atoms with Crippen LogP contribution in [0.5, 0.6) is 0 Å². The zero-order valence-electron chi connectivity index (χ0n) is 21.9. The monoisotopic (exact) mass is 473 g/mol. The molecule has 1 fully saturated rings. The van der Waals surface area contributed by atoms with Gasteiger partial charge in [0.25, 0.3) is 0 Å². The molecule has 1 aliphatic carbocycles. The van der Waals surface area contributed by atoms with Crippen molar-refractivity contribution in [3.8, 4) is 0 Å². The summed E-state index contributed by atoms with van der Waals surface area (Å²) in [5.41, 5.74) is 0.0934. The first kappa shape index (κ1) is 27.7. The summed E-state index contributed by atoms with van der Waals surface area (Å²) in [6, 6.07) is 7.84. The van der Waals surface area contributed by atoms with Gasteiger partial charge in [-0.25, -0.2) is 4.79 Å². The molecule has 1 aromatic rings. The first-order valence-electron chi connectivity index (χ1n) is 12.6. The lowest BCUT2D eigenvalue weighted by atomic mass is 9.99. The SMILES string of the molecule is CCCCNC(=O)C(c1ccccc1)N(C(=O)C(CC(C)C)NC(=O)OC(C)(C)C)C1CC1C. The maximum atomic E-state index is 14.0. The highest BCUT2D eigenvalue weighted by atomic mass is 16.6. The molecular formula is C27H43N3O4. The molecule has 4 unspecified atom stereocenters. The molecule has 2 N–H and O–H groups in total. The van der Waals surface area contributed by atoms with Crippen LogP contribution in [0, 0.1) is 11.8 Å². The highest BCUT2D eigenvalue weighted by molar-refractivity contribution is 5.92. The molecule has 3 amide bonds. The van der Waals surface area contributed by atoms with E-state index in [9.17, 15) is 14.4 Å². The highest BCUT2D eigenvalue weighted by Gasteiger charge is 2.48. The number of ether oxygens (including phenoxy) is 1. The van der Waals surface area contributed by atoms with E-state index in [1.54, 1.807) is 25.7 Å². The van der Waals surface area contributed by atoms with Crippen LogP contribution in [-0.4, -0.2) is 47.0 Å². The van der Waals surface area contributed by atoms with Crippen LogP contribution in [0.3, 0.4) is 0 Å². The van der Waals surface area contributed by atoms with Gasteiger partial charge in [0.1, 0.15) is 17.7 Å². The van der Waals surface area contributed by atoms with Gasteiger partial charge in [0, 0.05) is 12.6 Å². The van der Waals surface area contributed by atoms with Crippen molar-refractivity contribution >= 4 is 17.9 Å². The van der Waals surface area contributed by atoms with E-state index >= 15 is 0 Å². The van der Waals surface area contributed by atoms with Gasteiger partial charge < -0.3 is 20.3 Å². The number of carbonyl (C=O) groups is 3. The third-order valence-electron chi connectivity index (χ3n) is 5.85. The van der Waals surface area contributed by atoms with Gasteiger partial charge in [0.15, 0.2) is 0 Å². The minimum atomic E-state index is -0.780. The second-order valence-corrected chi connectivity index (χ2v) is 10.8. The van der Waals surface area contributed by atoms with Gasteiger partial charge in [0.2, 0.25) is 11.8 Å². The van der Waals surface area contributed by atoms with Crippen LogP contribution >= 0.6 is 0 Å². The molecule has 0 saturated heterocycles. The van der Waals surface area contributed by atoms with Crippen molar-refractivity contribution in [2.24, 2.45) is 11.8 Å². The normalized spacial score (nSPS) is 19.2. The van der Waals surface area contributed by atoms with Crippen molar-refractivity contribution in [1.82, 2.24) is 15.5 Å². The maximum absolute atomic E-state index is 14.0. The Balaban J connectivity index is 2.40. The van der Waals surface area contributed by atoms with Gasteiger partial charge in [-0.05, 0) is 57.4 Å². The number of rotatable bonds is 11. The third-order valence-corrected chi connectivity index (χ3v) is 5.85. The van der Waals surface area contributed by atoms with Crippen molar-refractivity contribution in [1.29, 1.82) is 0 Å². The van der Waals surface area contributed by atoms with Gasteiger partial charge in [-0.1, -0.05) is 64.4 Å². The van der Waals surface area contributed by atoms with Crippen molar-refractivity contribution < 1.29 is 19.1 Å². The van der Waals surface area contributed by atoms with E-state index < -0.39 is 23.8 Å². The number of hydrogen-bond acceptors (Lipinski definition) is 4. The average molecular weight is 474 g/mol. The molecule has 1 aliphatic rings. The van der Waals surface area contributed by atoms with Gasteiger partial charge in [-0.15, -0.1) is 0 Å². The van der Waals surface area contributed by atoms with E-state index in [1.165, 1.54) is 0 Å². The molecule has 4 atom stereocenters. The Morgan fingerprint density at radius 2 is 1.76 bits per heavy atom. The summed E-state index contributed by atoms with van der Waals surface area (Å²) in [6.45, 7) is 14.1. The second kappa shape index (κ2) is 12.2. The molecule has 1 aromatic carbocycles. The number of alkyl carbamates (subject to hydrolysis) is 1. The summed E-state index contributed by atoms with van der Waals surface area (Å²) in [6.07, 6.45) is 2.50. The van der Waals surface area contributed by atoms with E-state index in [1.807, 2.05) is 44.2 Å². The molecule has 2 rings (SSSR count). The fourth-order valence-corrected chi connectivity index (χ4v) is 4.05. The number of benzene rings is 1. The van der Waals surface area contributed by atoms with Crippen molar-refractivity contribution in [2.75, 3.05) is 6.54 Å². The van der Waals surface area contributed by atoms with Gasteiger partial charge in [-0.2, -0.15) is 0 Å². The van der Waals surface area contributed by atoms with Crippen LogP contribution < -0.4 is 10.6 Å². The molecule has 0 bridgehead atoms. The van der Waals surface area contributed by atoms with Gasteiger partial charge >= 0.3 is 6.09 Å². The topological polar surface area (TPSA) is 87.7 Å². The predicted molar refractivity (Wildman–Crippen MR) is 134 cm³/mol. The molecule has 190 valence electrons. The lowest BCUT2D eigenvalue weighted by molar-refractivity contribution is -0.143. The van der Waals surface area contributed by atoms with E-state index in [2.05, 4.69) is 24.5 Å².